The number of pyridine rings is 1. The number of carbonyl (C=O) groups excluding carboxylic acids is 2. The normalized spacial score (nSPS) is 13.6. The molecule has 3 rings (SSSR count). The Morgan fingerprint density at radius 2 is 1.74 bits per heavy atom. The highest BCUT2D eigenvalue weighted by Crippen LogP contribution is 2.28. The van der Waals surface area contributed by atoms with Crippen LogP contribution in [0.3, 0.4) is 0 Å². The van der Waals surface area contributed by atoms with Crippen LogP contribution in [-0.2, 0) is 16.0 Å². The fourth-order valence-electron chi connectivity index (χ4n) is 3.47. The summed E-state index contributed by atoms with van der Waals surface area (Å²) in [5.41, 5.74) is 1.00. The van der Waals surface area contributed by atoms with Crippen LogP contribution in [0.2, 0.25) is 0 Å². The lowest BCUT2D eigenvalue weighted by Crippen LogP contribution is -2.53. The lowest BCUT2D eigenvalue weighted by molar-refractivity contribution is -0.146. The number of amides is 2. The average molecular weight is 427 g/mol. The van der Waals surface area contributed by atoms with Crippen LogP contribution in [0.1, 0.15) is 19.4 Å². The van der Waals surface area contributed by atoms with E-state index in [-0.39, 0.29) is 0 Å². The molecule has 1 aromatic carbocycles. The van der Waals surface area contributed by atoms with Gasteiger partial charge in [0.2, 0.25) is 0 Å². The van der Waals surface area contributed by atoms with Crippen LogP contribution in [0.4, 0.5) is 5.82 Å². The van der Waals surface area contributed by atoms with E-state index < -0.39 is 11.8 Å². The highest BCUT2D eigenvalue weighted by molar-refractivity contribution is 6.35. The first-order chi connectivity index (χ1) is 15.1. The van der Waals surface area contributed by atoms with Gasteiger partial charge in [-0.05, 0) is 50.1 Å². The molecule has 2 amide bonds. The number of hydrogen-bond donors (Lipinski definition) is 1. The molecule has 1 aliphatic heterocycles. The molecule has 2 heterocycles. The minimum absolute atomic E-state index is 0.373. The maximum absolute atomic E-state index is 12.5. The molecular formula is C23H30N4O4. The predicted octanol–water partition coefficient (Wildman–Crippen LogP) is 1.89. The Morgan fingerprint density at radius 1 is 1.00 bits per heavy atom. The van der Waals surface area contributed by atoms with E-state index in [1.807, 2.05) is 50.2 Å². The molecule has 1 N–H and O–H groups in total. The standard InChI is InChI=1S/C23H30N4O4/c1-3-30-19-9-8-18(17-20(19)31-4-2)10-12-25-22(28)23(29)27-15-13-26(14-16-27)21-7-5-6-11-24-21/h5-9,11,17H,3-4,10,12-16H2,1-2H3,(H,25,28). The van der Waals surface area contributed by atoms with Gasteiger partial charge in [-0.2, -0.15) is 0 Å². The van der Waals surface area contributed by atoms with E-state index in [1.165, 1.54) is 0 Å². The third-order valence-electron chi connectivity index (χ3n) is 5.04. The summed E-state index contributed by atoms with van der Waals surface area (Å²) < 4.78 is 11.2. The Kier molecular flexibility index (Phi) is 8.09. The van der Waals surface area contributed by atoms with Crippen molar-refractivity contribution in [2.24, 2.45) is 0 Å². The van der Waals surface area contributed by atoms with Gasteiger partial charge in [-0.1, -0.05) is 12.1 Å². The summed E-state index contributed by atoms with van der Waals surface area (Å²) >= 11 is 0. The van der Waals surface area contributed by atoms with Crippen LogP contribution in [-0.4, -0.2) is 67.6 Å². The SMILES string of the molecule is CCOc1ccc(CCNC(=O)C(=O)N2CCN(c3ccccn3)CC2)cc1OCC. The molecule has 1 aromatic heterocycles. The zero-order chi connectivity index (χ0) is 22.1. The second-order valence-corrected chi connectivity index (χ2v) is 7.12. The Morgan fingerprint density at radius 3 is 2.42 bits per heavy atom. The van der Waals surface area contributed by atoms with Crippen LogP contribution in [0.25, 0.3) is 0 Å². The van der Waals surface area contributed by atoms with Crippen LogP contribution in [0.5, 0.6) is 11.5 Å². The molecule has 0 aliphatic carbocycles. The highest BCUT2D eigenvalue weighted by atomic mass is 16.5. The minimum atomic E-state index is -0.567. The van der Waals surface area contributed by atoms with Gasteiger partial charge in [0.1, 0.15) is 5.82 Å². The molecule has 0 unspecified atom stereocenters. The van der Waals surface area contributed by atoms with Crippen LogP contribution in [0, 0.1) is 0 Å². The molecule has 8 nitrogen and oxygen atoms in total. The van der Waals surface area contributed by atoms with Crippen LogP contribution < -0.4 is 19.7 Å². The number of anilines is 1. The monoisotopic (exact) mass is 426 g/mol. The number of nitrogens with one attached hydrogen (secondary N) is 1. The first-order valence-corrected chi connectivity index (χ1v) is 10.7. The molecule has 1 fully saturated rings. The third kappa shape index (κ3) is 6.10. The van der Waals surface area contributed by atoms with Gasteiger partial charge in [-0.15, -0.1) is 0 Å². The van der Waals surface area contributed by atoms with Crippen molar-refractivity contribution in [2.45, 2.75) is 20.3 Å². The number of piperazine rings is 1. The molecule has 1 saturated heterocycles. The Hall–Kier alpha value is -3.29. The van der Waals surface area contributed by atoms with Gasteiger partial charge in [0, 0.05) is 38.9 Å². The number of rotatable bonds is 8. The summed E-state index contributed by atoms with van der Waals surface area (Å²) in [4.78, 5) is 32.8. The van der Waals surface area contributed by atoms with E-state index in [0.717, 1.165) is 11.4 Å². The molecule has 2 aromatic rings. The van der Waals surface area contributed by atoms with Crippen molar-refractivity contribution in [2.75, 3.05) is 50.8 Å². The first kappa shape index (κ1) is 22.4. The maximum Gasteiger partial charge on any atom is 0.312 e. The Labute approximate surface area is 183 Å². The molecule has 0 spiro atoms. The maximum atomic E-state index is 12.5. The summed E-state index contributed by atoms with van der Waals surface area (Å²) in [6, 6.07) is 11.5. The van der Waals surface area contributed by atoms with Gasteiger partial charge >= 0.3 is 11.8 Å². The van der Waals surface area contributed by atoms with E-state index >= 15 is 0 Å². The quantitative estimate of drug-likeness (QED) is 0.649. The Balaban J connectivity index is 1.45. The van der Waals surface area contributed by atoms with Gasteiger partial charge in [0.15, 0.2) is 11.5 Å². The molecular weight excluding hydrogens is 396 g/mol. The topological polar surface area (TPSA) is 84.0 Å². The van der Waals surface area contributed by atoms with Crippen molar-refractivity contribution in [1.29, 1.82) is 0 Å². The van der Waals surface area contributed by atoms with Crippen molar-refractivity contribution < 1.29 is 19.1 Å². The molecule has 0 saturated carbocycles. The summed E-state index contributed by atoms with van der Waals surface area (Å²) in [5, 5.41) is 2.73. The molecule has 166 valence electrons. The van der Waals surface area contributed by atoms with E-state index in [9.17, 15) is 9.59 Å². The van der Waals surface area contributed by atoms with Gasteiger partial charge in [-0.25, -0.2) is 4.98 Å². The zero-order valence-electron chi connectivity index (χ0n) is 18.2. The zero-order valence-corrected chi connectivity index (χ0v) is 18.2. The fraction of sp³-hybridized carbons (Fsp3) is 0.435. The number of nitrogens with zero attached hydrogens (tertiary/aromatic N) is 3. The Bertz CT molecular complexity index is 867. The van der Waals surface area contributed by atoms with Crippen molar-refractivity contribution in [3.8, 4) is 11.5 Å². The molecule has 1 aliphatic rings. The van der Waals surface area contributed by atoms with Crippen molar-refractivity contribution >= 4 is 17.6 Å². The molecule has 0 atom stereocenters. The lowest BCUT2D eigenvalue weighted by atomic mass is 10.1. The molecule has 0 radical (unpaired) electrons. The summed E-state index contributed by atoms with van der Waals surface area (Å²) in [5.74, 6) is 1.23. The van der Waals surface area contributed by atoms with Gasteiger partial charge in [0.25, 0.3) is 0 Å². The van der Waals surface area contributed by atoms with Gasteiger partial charge in [0.05, 0.1) is 13.2 Å². The summed E-state index contributed by atoms with van der Waals surface area (Å²) in [6.45, 7) is 7.64. The van der Waals surface area contributed by atoms with Crippen molar-refractivity contribution in [1.82, 2.24) is 15.2 Å². The fourth-order valence-corrected chi connectivity index (χ4v) is 3.47. The molecule has 0 bridgehead atoms. The average Bonchev–Trinajstić information content (AvgIpc) is 2.81. The van der Waals surface area contributed by atoms with Crippen LogP contribution >= 0.6 is 0 Å². The second-order valence-electron chi connectivity index (χ2n) is 7.12. The second kappa shape index (κ2) is 11.2. The summed E-state index contributed by atoms with van der Waals surface area (Å²) in [7, 11) is 0. The number of hydrogen-bond acceptors (Lipinski definition) is 6. The number of aromatic nitrogens is 1. The van der Waals surface area contributed by atoms with E-state index in [2.05, 4.69) is 15.2 Å². The minimum Gasteiger partial charge on any atom is -0.490 e. The lowest BCUT2D eigenvalue weighted by Gasteiger charge is -2.35. The number of carbonyl (C=O) groups is 2. The van der Waals surface area contributed by atoms with Gasteiger partial charge in [-0.3, -0.25) is 9.59 Å². The number of benzene rings is 1. The smallest absolute Gasteiger partial charge is 0.312 e. The third-order valence-corrected chi connectivity index (χ3v) is 5.04. The first-order valence-electron chi connectivity index (χ1n) is 10.7. The molecule has 31 heavy (non-hydrogen) atoms. The predicted molar refractivity (Wildman–Crippen MR) is 119 cm³/mol. The highest BCUT2D eigenvalue weighted by Gasteiger charge is 2.26. The van der Waals surface area contributed by atoms with Crippen molar-refractivity contribution in [3.63, 3.8) is 0 Å². The van der Waals surface area contributed by atoms with Crippen molar-refractivity contribution in [3.05, 3.63) is 48.2 Å². The van der Waals surface area contributed by atoms with E-state index in [0.29, 0.717) is 63.9 Å². The van der Waals surface area contributed by atoms with Crippen LogP contribution in [0.15, 0.2) is 42.6 Å². The molecule has 8 heteroatoms. The van der Waals surface area contributed by atoms with Gasteiger partial charge < -0.3 is 24.6 Å². The summed E-state index contributed by atoms with van der Waals surface area (Å²) in [6.07, 6.45) is 2.35. The number of ether oxygens (including phenoxy) is 2. The largest absolute Gasteiger partial charge is 0.490 e. The van der Waals surface area contributed by atoms with E-state index in [4.69, 9.17) is 9.47 Å². The van der Waals surface area contributed by atoms with E-state index in [1.54, 1.807) is 11.1 Å².